The Morgan fingerprint density at radius 1 is 1.02 bits per heavy atom. The lowest BCUT2D eigenvalue weighted by molar-refractivity contribution is -0.134. The number of esters is 1. The molecule has 2 saturated heterocycles. The van der Waals surface area contributed by atoms with Crippen LogP contribution in [0.15, 0.2) is 27.9 Å². The van der Waals surface area contributed by atoms with E-state index in [0.717, 1.165) is 31.6 Å². The molecule has 0 unspecified atom stereocenters. The fraction of sp³-hybridized carbons (Fsp3) is 0.731. The van der Waals surface area contributed by atoms with Crippen molar-refractivity contribution in [3.8, 4) is 0 Å². The number of carbonyl (C=O) groups excluding carboxylic acids is 1. The highest BCUT2D eigenvalue weighted by Crippen LogP contribution is 2.49. The fourth-order valence-corrected chi connectivity index (χ4v) is 17.5. The van der Waals surface area contributed by atoms with Crippen LogP contribution in [0.4, 0.5) is 13.2 Å². The molecule has 1 aromatic heterocycles. The van der Waals surface area contributed by atoms with Crippen molar-refractivity contribution in [2.45, 2.75) is 108 Å². The van der Waals surface area contributed by atoms with Crippen LogP contribution < -0.4 is 11.2 Å². The molecule has 0 aromatic carbocycles. The maximum atomic E-state index is 13.7. The number of ether oxygens (including phenoxy) is 2. The van der Waals surface area contributed by atoms with E-state index in [1.165, 1.54) is 0 Å². The summed E-state index contributed by atoms with van der Waals surface area (Å²) in [6.45, 7) is 15.0. The molecule has 19 heteroatoms. The van der Waals surface area contributed by atoms with E-state index in [0.29, 0.717) is 9.13 Å². The number of fused-ring (bicyclic) bond motifs is 1. The van der Waals surface area contributed by atoms with Crippen LogP contribution in [0.2, 0.25) is 22.2 Å². The number of hydrogen-bond acceptors (Lipinski definition) is 11. The van der Waals surface area contributed by atoms with Gasteiger partial charge in [0.05, 0.1) is 13.7 Å². The molecule has 0 amide bonds. The summed E-state index contributed by atoms with van der Waals surface area (Å²) in [6.07, 6.45) is -4.11. The third-order valence-electron chi connectivity index (χ3n) is 8.02. The van der Waals surface area contributed by atoms with Crippen LogP contribution in [0.25, 0.3) is 6.20 Å². The molecular formula is C26H41F3N2O11SSi2. The predicted molar refractivity (Wildman–Crippen MR) is 160 cm³/mol. The number of aromatic nitrogens is 2. The summed E-state index contributed by atoms with van der Waals surface area (Å²) >= 11 is 0. The van der Waals surface area contributed by atoms with Crippen LogP contribution in [0.1, 0.15) is 61.6 Å². The van der Waals surface area contributed by atoms with Crippen molar-refractivity contribution in [3.63, 3.8) is 0 Å². The van der Waals surface area contributed by atoms with E-state index in [1.54, 1.807) is 0 Å². The molecule has 13 nitrogen and oxygen atoms in total. The van der Waals surface area contributed by atoms with Crippen LogP contribution >= 0.6 is 0 Å². The average Bonchev–Trinajstić information content (AvgIpc) is 3.22. The Kier molecular flexibility index (Phi) is 11.2. The summed E-state index contributed by atoms with van der Waals surface area (Å²) in [4.78, 5) is 37.6. The molecule has 1 aromatic rings. The highest BCUT2D eigenvalue weighted by atomic mass is 32.2. The van der Waals surface area contributed by atoms with E-state index in [9.17, 15) is 36.0 Å². The second kappa shape index (κ2) is 13.5. The summed E-state index contributed by atoms with van der Waals surface area (Å²) in [6, 6.07) is 0.888. The van der Waals surface area contributed by atoms with Gasteiger partial charge < -0.3 is 22.4 Å². The van der Waals surface area contributed by atoms with Crippen molar-refractivity contribution >= 4 is 39.4 Å². The third kappa shape index (κ3) is 7.09. The first-order valence-electron chi connectivity index (χ1n) is 14.4. The van der Waals surface area contributed by atoms with Crippen LogP contribution in [-0.4, -0.2) is 78.2 Å². The van der Waals surface area contributed by atoms with E-state index >= 15 is 0 Å². The van der Waals surface area contributed by atoms with Crippen molar-refractivity contribution < 1.29 is 53.0 Å². The first kappa shape index (κ1) is 37.3. The first-order valence-corrected chi connectivity index (χ1v) is 19.8. The lowest BCUT2D eigenvalue weighted by Gasteiger charge is -2.51. The maximum absolute atomic E-state index is 13.7. The zero-order valence-corrected chi connectivity index (χ0v) is 29.4. The van der Waals surface area contributed by atoms with Crippen molar-refractivity contribution in [3.05, 3.63) is 39.2 Å². The summed E-state index contributed by atoms with van der Waals surface area (Å²) in [5.41, 5.74) is -8.66. The monoisotopic (exact) mass is 702 g/mol. The minimum Gasteiger partial charge on any atom is -0.466 e. The van der Waals surface area contributed by atoms with Gasteiger partial charge in [-0.2, -0.15) is 21.6 Å². The molecule has 3 heterocycles. The number of methoxy groups -OCH3 is 1. The number of alkyl halides is 3. The Labute approximate surface area is 261 Å². The lowest BCUT2D eigenvalue weighted by atomic mass is 10.1. The molecule has 256 valence electrons. The molecule has 0 aliphatic carbocycles. The third-order valence-corrected chi connectivity index (χ3v) is 19.3. The van der Waals surface area contributed by atoms with Gasteiger partial charge in [0.2, 0.25) is 0 Å². The fourth-order valence-electron chi connectivity index (χ4n) is 5.69. The molecule has 45 heavy (non-hydrogen) atoms. The number of halogens is 3. The zero-order chi connectivity index (χ0) is 34.3. The summed E-state index contributed by atoms with van der Waals surface area (Å²) in [5, 5.41) is 0. The highest BCUT2D eigenvalue weighted by Gasteiger charge is 2.63. The zero-order valence-electron chi connectivity index (χ0n) is 26.6. The van der Waals surface area contributed by atoms with Crippen LogP contribution in [0, 0.1) is 0 Å². The van der Waals surface area contributed by atoms with E-state index in [2.05, 4.69) is 4.74 Å². The molecule has 2 aliphatic rings. The molecule has 3 rings (SSSR count). The normalized spacial score (nSPS) is 25.6. The molecule has 0 saturated carbocycles. The molecule has 0 radical (unpaired) electrons. The minimum absolute atomic E-state index is 0.0929. The Morgan fingerprint density at radius 2 is 1.58 bits per heavy atom. The van der Waals surface area contributed by atoms with Crippen LogP contribution in [0.5, 0.6) is 0 Å². The number of nitrogens with zero attached hydrogens (tertiary/aromatic N) is 2. The van der Waals surface area contributed by atoms with E-state index in [-0.39, 0.29) is 28.8 Å². The largest absolute Gasteiger partial charge is 0.523 e. The number of carbonyl (C=O) groups is 1. The second-order valence-electron chi connectivity index (χ2n) is 12.1. The van der Waals surface area contributed by atoms with Gasteiger partial charge in [-0.05, 0) is 22.2 Å². The van der Waals surface area contributed by atoms with E-state index in [4.69, 9.17) is 21.9 Å². The van der Waals surface area contributed by atoms with E-state index in [1.807, 2.05) is 55.4 Å². The number of rotatable bonds is 9. The predicted octanol–water partition coefficient (Wildman–Crippen LogP) is 3.74. The van der Waals surface area contributed by atoms with Gasteiger partial charge in [0.1, 0.15) is 12.2 Å². The second-order valence-corrected chi connectivity index (χ2v) is 22.5. The SMILES string of the molecule is COC(=O)/C=C/n1c(=O)ccn([C@@H]2O[C@@H]3CO[Si](C(C)C)(C(C)C)O[Si](C(C)C)(C(C)C)O[C@H]3[C@H]2OS(=O)(=O)C(F)(F)F)c1=O. The molecule has 2 fully saturated rings. The standard InChI is InChI=1S/C26H41F3N2O11SSi2/c1-15(2)44(16(3)4)38-14-19-22(41-45(42-44,17(5)6)18(7)8)23(40-43(35,36)26(27,28)29)24(39-19)31-12-10-20(32)30(25(31)34)13-11-21(33)37-9/h10-13,15-19,22-24H,14H2,1-9H3/b13-11+/t19-,22-,23-,24-/m1/s1. The summed E-state index contributed by atoms with van der Waals surface area (Å²) < 4.78 is 103. The van der Waals surface area contributed by atoms with Crippen molar-refractivity contribution in [2.24, 2.45) is 0 Å². The first-order chi connectivity index (χ1) is 20.6. The van der Waals surface area contributed by atoms with Crippen molar-refractivity contribution in [1.82, 2.24) is 9.13 Å². The van der Waals surface area contributed by atoms with E-state index < -0.39 is 74.5 Å². The Balaban J connectivity index is 2.29. The smallest absolute Gasteiger partial charge is 0.466 e. The van der Waals surface area contributed by atoms with Gasteiger partial charge in [-0.25, -0.2) is 14.2 Å². The topological polar surface area (TPSA) is 151 Å². The molecule has 4 atom stereocenters. The highest BCUT2D eigenvalue weighted by molar-refractivity contribution is 7.87. The van der Waals surface area contributed by atoms with Crippen LogP contribution in [0.3, 0.4) is 0 Å². The molecule has 0 bridgehead atoms. The van der Waals surface area contributed by atoms with Crippen LogP contribution in [-0.2, 0) is 41.5 Å². The molecular weight excluding hydrogens is 662 g/mol. The lowest BCUT2D eigenvalue weighted by Crippen LogP contribution is -2.66. The van der Waals surface area contributed by atoms with Gasteiger partial charge >= 0.3 is 44.4 Å². The van der Waals surface area contributed by atoms with Crippen molar-refractivity contribution in [2.75, 3.05) is 13.7 Å². The van der Waals surface area contributed by atoms with Gasteiger partial charge in [0.15, 0.2) is 12.3 Å². The van der Waals surface area contributed by atoms with Gasteiger partial charge in [0, 0.05) is 24.5 Å². The Morgan fingerprint density at radius 3 is 2.07 bits per heavy atom. The van der Waals surface area contributed by atoms with Gasteiger partial charge in [-0.15, -0.1) is 0 Å². The average molecular weight is 703 g/mol. The molecule has 0 spiro atoms. The number of hydrogen-bond donors (Lipinski definition) is 0. The van der Waals surface area contributed by atoms with Crippen molar-refractivity contribution in [1.29, 1.82) is 0 Å². The van der Waals surface area contributed by atoms with Gasteiger partial charge in [0.25, 0.3) is 5.56 Å². The Bertz CT molecular complexity index is 1480. The quantitative estimate of drug-likeness (QED) is 0.122. The van der Waals surface area contributed by atoms with Gasteiger partial charge in [-0.1, -0.05) is 55.4 Å². The minimum atomic E-state index is -6.25. The molecule has 0 N–H and O–H groups in total. The summed E-state index contributed by atoms with van der Waals surface area (Å²) in [7, 11) is -11.9. The van der Waals surface area contributed by atoms with Gasteiger partial charge in [-0.3, -0.25) is 13.5 Å². The molecule has 2 aliphatic heterocycles. The summed E-state index contributed by atoms with van der Waals surface area (Å²) in [5.74, 6) is -0.901. The maximum Gasteiger partial charge on any atom is 0.523 e. The Hall–Kier alpha value is -2.14.